The van der Waals surface area contributed by atoms with Gasteiger partial charge in [0.25, 0.3) is 0 Å². The summed E-state index contributed by atoms with van der Waals surface area (Å²) in [6.07, 6.45) is -0.368. The van der Waals surface area contributed by atoms with E-state index in [0.29, 0.717) is 36.4 Å². The van der Waals surface area contributed by atoms with Crippen molar-refractivity contribution in [2.24, 2.45) is 4.99 Å². The Morgan fingerprint density at radius 1 is 1.19 bits per heavy atom. The number of benzene rings is 1. The Kier molecular flexibility index (Phi) is 9.10. The van der Waals surface area contributed by atoms with Crippen molar-refractivity contribution in [2.45, 2.75) is 26.0 Å². The second-order valence-electron chi connectivity index (χ2n) is 5.82. The van der Waals surface area contributed by atoms with Crippen LogP contribution in [-0.2, 0) is 11.3 Å². The number of aliphatic hydroxyl groups excluding tert-OH is 1. The van der Waals surface area contributed by atoms with E-state index in [0.717, 1.165) is 10.4 Å². The first-order chi connectivity index (χ1) is 13.1. The van der Waals surface area contributed by atoms with Gasteiger partial charge in [0.15, 0.2) is 5.96 Å². The zero-order chi connectivity index (χ0) is 19.5. The number of aliphatic hydroxyl groups is 1. The molecule has 0 radical (unpaired) electrons. The molecule has 0 aliphatic heterocycles. The van der Waals surface area contributed by atoms with E-state index in [9.17, 15) is 9.90 Å². The van der Waals surface area contributed by atoms with Gasteiger partial charge in [-0.2, -0.15) is 0 Å². The number of nitrogens with zero attached hydrogens (tertiary/aromatic N) is 1. The molecule has 146 valence electrons. The molecule has 1 aromatic heterocycles. The smallest absolute Gasteiger partial charge is 0.222 e. The van der Waals surface area contributed by atoms with Gasteiger partial charge in [-0.05, 0) is 24.6 Å². The van der Waals surface area contributed by atoms with Gasteiger partial charge in [-0.3, -0.25) is 9.79 Å². The summed E-state index contributed by atoms with van der Waals surface area (Å²) in [7, 11) is 0. The Morgan fingerprint density at radius 2 is 1.96 bits per heavy atom. The topological polar surface area (TPSA) is 85.8 Å². The molecule has 0 saturated heterocycles. The first kappa shape index (κ1) is 21.2. The van der Waals surface area contributed by atoms with Crippen molar-refractivity contribution in [3.8, 4) is 0 Å². The molecular weight excluding hydrogens is 384 g/mol. The zero-order valence-corrected chi connectivity index (χ0v) is 16.8. The third kappa shape index (κ3) is 7.99. The molecule has 1 heterocycles. The summed E-state index contributed by atoms with van der Waals surface area (Å²) in [6.45, 7) is 3.83. The maximum Gasteiger partial charge on any atom is 0.222 e. The van der Waals surface area contributed by atoms with E-state index in [2.05, 4.69) is 20.9 Å². The first-order valence-corrected chi connectivity index (χ1v) is 10.0. The predicted molar refractivity (Wildman–Crippen MR) is 111 cm³/mol. The van der Waals surface area contributed by atoms with E-state index >= 15 is 0 Å². The number of carbonyl (C=O) groups is 1. The number of amides is 1. The Morgan fingerprint density at radius 3 is 2.63 bits per heavy atom. The number of nitrogens with one attached hydrogen (secondary N) is 3. The van der Waals surface area contributed by atoms with Gasteiger partial charge >= 0.3 is 0 Å². The summed E-state index contributed by atoms with van der Waals surface area (Å²) in [5.74, 6) is 0.533. The van der Waals surface area contributed by atoms with Crippen molar-refractivity contribution in [1.29, 1.82) is 0 Å². The van der Waals surface area contributed by atoms with E-state index in [4.69, 9.17) is 11.6 Å². The quantitative estimate of drug-likeness (QED) is 0.379. The lowest BCUT2D eigenvalue weighted by molar-refractivity contribution is -0.121. The maximum atomic E-state index is 11.9. The molecular formula is C19H25ClN4O2S. The number of rotatable bonds is 9. The molecule has 1 aromatic carbocycles. The number of hydrogen-bond donors (Lipinski definition) is 4. The highest BCUT2D eigenvalue weighted by Gasteiger charge is 2.10. The van der Waals surface area contributed by atoms with Gasteiger partial charge in [0.2, 0.25) is 5.91 Å². The fourth-order valence-electron chi connectivity index (χ4n) is 2.30. The van der Waals surface area contributed by atoms with Gasteiger partial charge in [-0.1, -0.05) is 41.9 Å². The number of halogens is 1. The Hall–Kier alpha value is -2.09. The highest BCUT2D eigenvalue weighted by atomic mass is 35.5. The normalized spacial score (nSPS) is 12.5. The average molecular weight is 409 g/mol. The number of hydrogen-bond acceptors (Lipinski definition) is 4. The molecule has 1 atom stereocenters. The van der Waals surface area contributed by atoms with Crippen molar-refractivity contribution in [3.63, 3.8) is 0 Å². The van der Waals surface area contributed by atoms with Gasteiger partial charge in [0.1, 0.15) is 6.10 Å². The molecule has 6 nitrogen and oxygen atoms in total. The van der Waals surface area contributed by atoms with Gasteiger partial charge in [-0.25, -0.2) is 0 Å². The molecule has 1 unspecified atom stereocenters. The zero-order valence-electron chi connectivity index (χ0n) is 15.2. The molecule has 0 bridgehead atoms. The van der Waals surface area contributed by atoms with Gasteiger partial charge in [0.05, 0.1) is 10.9 Å². The minimum Gasteiger partial charge on any atom is -0.386 e. The monoisotopic (exact) mass is 408 g/mol. The largest absolute Gasteiger partial charge is 0.386 e. The minimum absolute atomic E-state index is 0.0320. The van der Waals surface area contributed by atoms with Crippen LogP contribution in [0.15, 0.2) is 47.5 Å². The van der Waals surface area contributed by atoms with Crippen LogP contribution in [0.2, 0.25) is 4.34 Å². The molecule has 2 rings (SSSR count). The highest BCUT2D eigenvalue weighted by molar-refractivity contribution is 7.16. The lowest BCUT2D eigenvalue weighted by Crippen LogP contribution is -2.39. The summed E-state index contributed by atoms with van der Waals surface area (Å²) in [6, 6.07) is 13.3. The summed E-state index contributed by atoms with van der Waals surface area (Å²) in [5, 5.41) is 19.3. The Balaban J connectivity index is 1.73. The van der Waals surface area contributed by atoms with Gasteiger partial charge in [0, 0.05) is 30.9 Å². The summed E-state index contributed by atoms with van der Waals surface area (Å²) in [5.41, 5.74) is 1.07. The molecule has 0 saturated carbocycles. The van der Waals surface area contributed by atoms with E-state index in [1.54, 1.807) is 12.1 Å². The van der Waals surface area contributed by atoms with Crippen LogP contribution in [-0.4, -0.2) is 36.6 Å². The Bertz CT molecular complexity index is 736. The molecule has 8 heteroatoms. The van der Waals surface area contributed by atoms with Crippen LogP contribution >= 0.6 is 22.9 Å². The molecule has 1 amide bonds. The molecule has 2 aromatic rings. The predicted octanol–water partition coefficient (Wildman–Crippen LogP) is 2.70. The standard InChI is InChI=1S/C19H25ClN4O2S/c1-2-21-19(24-13-15(25)16-8-9-17(20)27-16)22-11-10-18(26)23-12-14-6-4-3-5-7-14/h3-9,15,25H,2,10-13H2,1H3,(H,23,26)(H2,21,22,24). The third-order valence-corrected chi connectivity index (χ3v) is 5.00. The van der Waals surface area contributed by atoms with E-state index in [-0.39, 0.29) is 12.5 Å². The second kappa shape index (κ2) is 11.6. The third-order valence-electron chi connectivity index (χ3n) is 3.67. The van der Waals surface area contributed by atoms with Crippen LogP contribution in [0.25, 0.3) is 0 Å². The second-order valence-corrected chi connectivity index (χ2v) is 7.56. The van der Waals surface area contributed by atoms with Crippen LogP contribution in [0.5, 0.6) is 0 Å². The van der Waals surface area contributed by atoms with Crippen LogP contribution in [0.3, 0.4) is 0 Å². The molecule has 27 heavy (non-hydrogen) atoms. The van der Waals surface area contributed by atoms with Crippen LogP contribution in [0.4, 0.5) is 0 Å². The fraction of sp³-hybridized carbons (Fsp3) is 0.368. The van der Waals surface area contributed by atoms with Crippen LogP contribution in [0.1, 0.15) is 29.9 Å². The van der Waals surface area contributed by atoms with Crippen molar-refractivity contribution >= 4 is 34.8 Å². The Labute approximate surface area is 168 Å². The van der Waals surface area contributed by atoms with Crippen LogP contribution in [0, 0.1) is 0 Å². The molecule has 0 aliphatic carbocycles. The van der Waals surface area contributed by atoms with E-state index < -0.39 is 6.10 Å². The minimum atomic E-state index is -0.702. The number of thiophene rings is 1. The molecule has 0 fully saturated rings. The SMILES string of the molecule is CCNC(=NCC(O)c1ccc(Cl)s1)NCCC(=O)NCc1ccccc1. The molecule has 4 N–H and O–H groups in total. The maximum absolute atomic E-state index is 11.9. The molecule has 0 spiro atoms. The lowest BCUT2D eigenvalue weighted by Gasteiger charge is -2.12. The lowest BCUT2D eigenvalue weighted by atomic mass is 10.2. The summed E-state index contributed by atoms with van der Waals surface area (Å²) in [4.78, 5) is 17.1. The molecule has 0 aliphatic rings. The number of carbonyl (C=O) groups excluding carboxylic acids is 1. The van der Waals surface area contributed by atoms with Crippen molar-refractivity contribution in [3.05, 3.63) is 57.2 Å². The van der Waals surface area contributed by atoms with E-state index in [1.807, 2.05) is 37.3 Å². The van der Waals surface area contributed by atoms with Gasteiger partial charge in [-0.15, -0.1) is 11.3 Å². The first-order valence-electron chi connectivity index (χ1n) is 8.84. The van der Waals surface area contributed by atoms with Crippen molar-refractivity contribution < 1.29 is 9.90 Å². The highest BCUT2D eigenvalue weighted by Crippen LogP contribution is 2.26. The number of guanidine groups is 1. The number of aliphatic imine (C=N–C) groups is 1. The summed E-state index contributed by atoms with van der Waals surface area (Å²) >= 11 is 7.23. The summed E-state index contributed by atoms with van der Waals surface area (Å²) < 4.78 is 0.638. The van der Waals surface area contributed by atoms with Crippen molar-refractivity contribution in [1.82, 2.24) is 16.0 Å². The average Bonchev–Trinajstić information content (AvgIpc) is 3.11. The van der Waals surface area contributed by atoms with E-state index in [1.165, 1.54) is 11.3 Å². The fourth-order valence-corrected chi connectivity index (χ4v) is 3.33. The van der Waals surface area contributed by atoms with Crippen molar-refractivity contribution in [2.75, 3.05) is 19.6 Å². The van der Waals surface area contributed by atoms with Gasteiger partial charge < -0.3 is 21.1 Å². The van der Waals surface area contributed by atoms with Crippen LogP contribution < -0.4 is 16.0 Å².